The zero-order valence-corrected chi connectivity index (χ0v) is 11.2. The van der Waals surface area contributed by atoms with Crippen molar-refractivity contribution < 1.29 is 9.90 Å². The van der Waals surface area contributed by atoms with Crippen LogP contribution in [0.15, 0.2) is 35.5 Å². The molecule has 0 bridgehead atoms. The number of hydrogen-bond donors (Lipinski definition) is 2. The second-order valence-electron chi connectivity index (χ2n) is 3.86. The first-order valence-electron chi connectivity index (χ1n) is 5.68. The molecule has 7 heteroatoms. The number of rotatable bonds is 6. The van der Waals surface area contributed by atoms with Crippen LogP contribution in [0.4, 0.5) is 5.69 Å². The van der Waals surface area contributed by atoms with Gasteiger partial charge in [0, 0.05) is 12.7 Å². The van der Waals surface area contributed by atoms with Crippen LogP contribution in [0.2, 0.25) is 0 Å². The summed E-state index contributed by atoms with van der Waals surface area (Å²) < 4.78 is 1.80. The highest BCUT2D eigenvalue weighted by Crippen LogP contribution is 2.16. The van der Waals surface area contributed by atoms with Crippen molar-refractivity contribution in [1.29, 1.82) is 0 Å². The van der Waals surface area contributed by atoms with Crippen molar-refractivity contribution >= 4 is 23.4 Å². The van der Waals surface area contributed by atoms with Crippen LogP contribution in [0.25, 0.3) is 0 Å². The van der Waals surface area contributed by atoms with Gasteiger partial charge in [-0.15, -0.1) is 10.2 Å². The minimum absolute atomic E-state index is 0.0158. The van der Waals surface area contributed by atoms with Gasteiger partial charge >= 0.3 is 5.97 Å². The van der Waals surface area contributed by atoms with Crippen molar-refractivity contribution in [3.05, 3.63) is 36.2 Å². The Balaban J connectivity index is 1.96. The predicted octanol–water partition coefficient (Wildman–Crippen LogP) is 1.60. The van der Waals surface area contributed by atoms with Crippen LogP contribution in [-0.4, -0.2) is 31.6 Å². The van der Waals surface area contributed by atoms with Crippen molar-refractivity contribution in [2.24, 2.45) is 7.05 Å². The summed E-state index contributed by atoms with van der Waals surface area (Å²) in [6, 6.07) is 9.79. The fourth-order valence-electron chi connectivity index (χ4n) is 1.49. The number of carbonyl (C=O) groups is 1. The van der Waals surface area contributed by atoms with Crippen LogP contribution >= 0.6 is 11.8 Å². The fourth-order valence-corrected chi connectivity index (χ4v) is 2.14. The van der Waals surface area contributed by atoms with Gasteiger partial charge in [0.25, 0.3) is 0 Å². The minimum Gasteiger partial charge on any atom is -0.481 e. The molecule has 0 aliphatic carbocycles. The highest BCUT2D eigenvalue weighted by molar-refractivity contribution is 7.99. The molecule has 0 aliphatic rings. The van der Waals surface area contributed by atoms with Gasteiger partial charge in [-0.25, -0.2) is 0 Å². The van der Waals surface area contributed by atoms with E-state index in [4.69, 9.17) is 5.11 Å². The van der Waals surface area contributed by atoms with Crippen molar-refractivity contribution in [2.75, 3.05) is 11.1 Å². The fraction of sp³-hybridized carbons (Fsp3) is 0.250. The number of benzene rings is 1. The molecule has 1 heterocycles. The van der Waals surface area contributed by atoms with Crippen molar-refractivity contribution in [2.45, 2.75) is 11.7 Å². The number of para-hydroxylation sites is 1. The molecule has 0 radical (unpaired) electrons. The van der Waals surface area contributed by atoms with Crippen LogP contribution in [0.3, 0.4) is 0 Å². The molecule has 0 saturated heterocycles. The molecular formula is C12H14N4O2S. The molecule has 2 N–H and O–H groups in total. The summed E-state index contributed by atoms with van der Waals surface area (Å²) in [5.74, 6) is -0.119. The molecule has 0 aliphatic heterocycles. The van der Waals surface area contributed by atoms with Crippen LogP contribution in [-0.2, 0) is 18.4 Å². The maximum absolute atomic E-state index is 10.5. The maximum Gasteiger partial charge on any atom is 0.313 e. The van der Waals surface area contributed by atoms with E-state index >= 15 is 0 Å². The number of thioether (sulfide) groups is 1. The van der Waals surface area contributed by atoms with Gasteiger partial charge in [-0.2, -0.15) is 0 Å². The molecule has 6 nitrogen and oxygen atoms in total. The molecule has 0 saturated carbocycles. The summed E-state index contributed by atoms with van der Waals surface area (Å²) in [4.78, 5) is 10.5. The number of aromatic nitrogens is 3. The first kappa shape index (κ1) is 13.4. The van der Waals surface area contributed by atoms with Gasteiger partial charge in [0.15, 0.2) is 11.0 Å². The standard InChI is InChI=1S/C12H14N4O2S/c1-16-10(7-13-9-5-3-2-4-6-9)14-15-12(16)19-8-11(17)18/h2-6,13H,7-8H2,1H3,(H,17,18). The highest BCUT2D eigenvalue weighted by atomic mass is 32.2. The Morgan fingerprint density at radius 1 is 1.37 bits per heavy atom. The number of nitrogens with zero attached hydrogens (tertiary/aromatic N) is 3. The summed E-state index contributed by atoms with van der Waals surface area (Å²) in [5, 5.41) is 20.5. The normalized spacial score (nSPS) is 10.4. The van der Waals surface area contributed by atoms with E-state index in [0.717, 1.165) is 23.3 Å². The van der Waals surface area contributed by atoms with Gasteiger partial charge in [0.2, 0.25) is 0 Å². The van der Waals surface area contributed by atoms with Crippen molar-refractivity contribution in [3.8, 4) is 0 Å². The summed E-state index contributed by atoms with van der Waals surface area (Å²) in [6.07, 6.45) is 0. The molecular weight excluding hydrogens is 264 g/mol. The summed E-state index contributed by atoms with van der Waals surface area (Å²) in [6.45, 7) is 0.543. The van der Waals surface area contributed by atoms with Gasteiger partial charge in [-0.1, -0.05) is 30.0 Å². The molecule has 100 valence electrons. The topological polar surface area (TPSA) is 80.0 Å². The largest absolute Gasteiger partial charge is 0.481 e. The lowest BCUT2D eigenvalue weighted by Crippen LogP contribution is -2.07. The second-order valence-corrected chi connectivity index (χ2v) is 4.80. The Morgan fingerprint density at radius 3 is 2.79 bits per heavy atom. The van der Waals surface area contributed by atoms with Gasteiger partial charge in [-0.05, 0) is 12.1 Å². The van der Waals surface area contributed by atoms with Crippen LogP contribution in [0.1, 0.15) is 5.82 Å². The van der Waals surface area contributed by atoms with E-state index in [9.17, 15) is 4.79 Å². The van der Waals surface area contributed by atoms with E-state index in [1.54, 1.807) is 4.57 Å². The number of nitrogens with one attached hydrogen (secondary N) is 1. The third-order valence-electron chi connectivity index (χ3n) is 2.47. The Kier molecular flexibility index (Phi) is 4.40. The Labute approximate surface area is 114 Å². The molecule has 0 atom stereocenters. The molecule has 0 fully saturated rings. The van der Waals surface area contributed by atoms with E-state index in [-0.39, 0.29) is 5.75 Å². The average molecular weight is 278 g/mol. The van der Waals surface area contributed by atoms with Crippen LogP contribution < -0.4 is 5.32 Å². The molecule has 0 amide bonds. The Bertz CT molecular complexity index is 556. The van der Waals surface area contributed by atoms with Gasteiger partial charge in [-0.3, -0.25) is 4.79 Å². The van der Waals surface area contributed by atoms with E-state index < -0.39 is 5.97 Å². The van der Waals surface area contributed by atoms with Crippen LogP contribution in [0.5, 0.6) is 0 Å². The quantitative estimate of drug-likeness (QED) is 0.781. The zero-order valence-electron chi connectivity index (χ0n) is 10.4. The number of aliphatic carboxylic acids is 1. The highest BCUT2D eigenvalue weighted by Gasteiger charge is 2.10. The third kappa shape index (κ3) is 3.72. The molecule has 1 aromatic carbocycles. The van der Waals surface area contributed by atoms with E-state index in [1.165, 1.54) is 0 Å². The molecule has 2 aromatic rings. The summed E-state index contributed by atoms with van der Waals surface area (Å²) >= 11 is 1.16. The second kappa shape index (κ2) is 6.24. The van der Waals surface area contributed by atoms with E-state index in [2.05, 4.69) is 15.5 Å². The molecule has 2 rings (SSSR count). The molecule has 19 heavy (non-hydrogen) atoms. The van der Waals surface area contributed by atoms with E-state index in [1.807, 2.05) is 37.4 Å². The maximum atomic E-state index is 10.5. The first-order chi connectivity index (χ1) is 9.16. The zero-order chi connectivity index (χ0) is 13.7. The summed E-state index contributed by atoms with van der Waals surface area (Å²) in [5.41, 5.74) is 1.00. The number of anilines is 1. The molecule has 0 spiro atoms. The molecule has 0 unspecified atom stereocenters. The van der Waals surface area contributed by atoms with Gasteiger partial charge < -0.3 is 15.0 Å². The number of carboxylic acid groups (broad SMARTS) is 1. The average Bonchev–Trinajstić information content (AvgIpc) is 2.76. The Hall–Kier alpha value is -2.02. The predicted molar refractivity (Wildman–Crippen MR) is 73.1 cm³/mol. The SMILES string of the molecule is Cn1c(CNc2ccccc2)nnc1SCC(=O)O. The minimum atomic E-state index is -0.864. The van der Waals surface area contributed by atoms with Crippen LogP contribution in [0, 0.1) is 0 Å². The van der Waals surface area contributed by atoms with Crippen molar-refractivity contribution in [3.63, 3.8) is 0 Å². The lowest BCUT2D eigenvalue weighted by atomic mass is 10.3. The van der Waals surface area contributed by atoms with Gasteiger partial charge in [0.1, 0.15) is 0 Å². The third-order valence-corrected chi connectivity index (χ3v) is 3.48. The summed E-state index contributed by atoms with van der Waals surface area (Å²) in [7, 11) is 1.83. The number of carboxylic acids is 1. The lowest BCUT2D eigenvalue weighted by Gasteiger charge is -2.06. The van der Waals surface area contributed by atoms with Gasteiger partial charge in [0.05, 0.1) is 12.3 Å². The lowest BCUT2D eigenvalue weighted by molar-refractivity contribution is -0.133. The molecule has 1 aromatic heterocycles. The van der Waals surface area contributed by atoms with Crippen molar-refractivity contribution in [1.82, 2.24) is 14.8 Å². The van der Waals surface area contributed by atoms with E-state index in [0.29, 0.717) is 11.7 Å². The monoisotopic (exact) mass is 278 g/mol. The smallest absolute Gasteiger partial charge is 0.313 e. The Morgan fingerprint density at radius 2 is 2.11 bits per heavy atom. The number of hydrogen-bond acceptors (Lipinski definition) is 5. The first-order valence-corrected chi connectivity index (χ1v) is 6.67.